The molecular formula is C14H7ClN2OS. The van der Waals surface area contributed by atoms with Crippen LogP contribution in [0.3, 0.4) is 0 Å². The maximum absolute atomic E-state index is 12.0. The highest BCUT2D eigenvalue weighted by atomic mass is 35.5. The zero-order valence-corrected chi connectivity index (χ0v) is 11.2. The minimum Gasteiger partial charge on any atom is -0.284 e. The molecule has 4 aromatic rings. The molecule has 0 spiro atoms. The maximum atomic E-state index is 12.0. The van der Waals surface area contributed by atoms with Crippen LogP contribution >= 0.6 is 22.9 Å². The molecule has 0 atom stereocenters. The van der Waals surface area contributed by atoms with Gasteiger partial charge >= 0.3 is 0 Å². The summed E-state index contributed by atoms with van der Waals surface area (Å²) in [6.07, 6.45) is 0. The highest BCUT2D eigenvalue weighted by Gasteiger charge is 2.10. The quantitative estimate of drug-likeness (QED) is 0.494. The van der Waals surface area contributed by atoms with Crippen LogP contribution in [0.25, 0.3) is 26.1 Å². The van der Waals surface area contributed by atoms with Crippen LogP contribution in [0.15, 0.2) is 47.3 Å². The van der Waals surface area contributed by atoms with E-state index in [1.807, 2.05) is 40.8 Å². The van der Waals surface area contributed by atoms with Gasteiger partial charge in [0.15, 0.2) is 4.96 Å². The molecule has 0 aliphatic heterocycles. The predicted molar refractivity (Wildman–Crippen MR) is 79.4 cm³/mol. The summed E-state index contributed by atoms with van der Waals surface area (Å²) in [6, 6.07) is 13.2. The van der Waals surface area contributed by atoms with Crippen LogP contribution in [0, 0.1) is 0 Å². The number of fused-ring (bicyclic) bond motifs is 5. The van der Waals surface area contributed by atoms with Gasteiger partial charge < -0.3 is 0 Å². The molecule has 0 aliphatic rings. The van der Waals surface area contributed by atoms with Gasteiger partial charge in [-0.1, -0.05) is 35.1 Å². The zero-order chi connectivity index (χ0) is 13.0. The first-order chi connectivity index (χ1) is 9.24. The third-order valence-electron chi connectivity index (χ3n) is 3.13. The van der Waals surface area contributed by atoms with Gasteiger partial charge in [-0.25, -0.2) is 0 Å². The van der Waals surface area contributed by atoms with E-state index in [9.17, 15) is 4.79 Å². The number of para-hydroxylation sites is 1. The second kappa shape index (κ2) is 3.79. The van der Waals surface area contributed by atoms with Gasteiger partial charge in [-0.2, -0.15) is 4.98 Å². The molecule has 0 bridgehead atoms. The first-order valence-electron chi connectivity index (χ1n) is 5.73. The second-order valence-corrected chi connectivity index (χ2v) is 5.71. The first-order valence-corrected chi connectivity index (χ1v) is 6.93. The smallest absolute Gasteiger partial charge is 0.281 e. The fourth-order valence-corrected chi connectivity index (χ4v) is 3.60. The molecule has 0 aliphatic carbocycles. The van der Waals surface area contributed by atoms with E-state index in [2.05, 4.69) is 4.98 Å². The monoisotopic (exact) mass is 286 g/mol. The number of hydrogen-bond donors (Lipinski definition) is 0. The lowest BCUT2D eigenvalue weighted by atomic mass is 10.2. The summed E-state index contributed by atoms with van der Waals surface area (Å²) in [4.78, 5) is 16.8. The number of thiazole rings is 1. The van der Waals surface area contributed by atoms with Crippen LogP contribution < -0.4 is 5.56 Å². The van der Waals surface area contributed by atoms with Crippen molar-refractivity contribution in [3.63, 3.8) is 0 Å². The molecule has 2 aromatic heterocycles. The highest BCUT2D eigenvalue weighted by molar-refractivity contribution is 7.23. The Hall–Kier alpha value is -1.91. The third kappa shape index (κ3) is 1.50. The summed E-state index contributed by atoms with van der Waals surface area (Å²) >= 11 is 7.48. The summed E-state index contributed by atoms with van der Waals surface area (Å²) in [5.41, 5.74) is 1.72. The van der Waals surface area contributed by atoms with Crippen LogP contribution in [0.1, 0.15) is 0 Å². The van der Waals surface area contributed by atoms with Gasteiger partial charge in [0.05, 0.1) is 21.1 Å². The molecule has 19 heavy (non-hydrogen) atoms. The molecule has 0 amide bonds. The normalized spacial score (nSPS) is 11.6. The topological polar surface area (TPSA) is 34.4 Å². The van der Waals surface area contributed by atoms with E-state index in [0.717, 1.165) is 15.7 Å². The number of hydrogen-bond acceptors (Lipinski definition) is 3. The van der Waals surface area contributed by atoms with Crippen molar-refractivity contribution in [1.82, 2.24) is 9.38 Å². The summed E-state index contributed by atoms with van der Waals surface area (Å²) in [7, 11) is 0. The lowest BCUT2D eigenvalue weighted by molar-refractivity contribution is 1.21. The van der Waals surface area contributed by atoms with Crippen molar-refractivity contribution in [2.24, 2.45) is 0 Å². The average molecular weight is 287 g/mol. The van der Waals surface area contributed by atoms with Crippen LogP contribution in [0.5, 0.6) is 0 Å². The summed E-state index contributed by atoms with van der Waals surface area (Å²) < 4.78 is 3.03. The van der Waals surface area contributed by atoms with Gasteiger partial charge in [-0.15, -0.1) is 0 Å². The van der Waals surface area contributed by atoms with E-state index in [4.69, 9.17) is 11.6 Å². The summed E-state index contributed by atoms with van der Waals surface area (Å²) in [5.74, 6) is 0. The average Bonchev–Trinajstić information content (AvgIpc) is 2.76. The lowest BCUT2D eigenvalue weighted by Crippen LogP contribution is -2.08. The van der Waals surface area contributed by atoms with Crippen LogP contribution in [0.4, 0.5) is 0 Å². The Bertz CT molecular complexity index is 1000. The van der Waals surface area contributed by atoms with E-state index < -0.39 is 0 Å². The molecule has 0 radical (unpaired) electrons. The Balaban J connectivity index is 2.38. The predicted octanol–water partition coefficient (Wildman–Crippen LogP) is 3.72. The molecule has 3 nitrogen and oxygen atoms in total. The second-order valence-electron chi connectivity index (χ2n) is 4.27. The molecule has 0 unspecified atom stereocenters. The minimum absolute atomic E-state index is 0.187. The van der Waals surface area contributed by atoms with Crippen molar-refractivity contribution in [3.05, 3.63) is 57.8 Å². The zero-order valence-electron chi connectivity index (χ0n) is 9.63. The Labute approximate surface area is 116 Å². The van der Waals surface area contributed by atoms with Crippen molar-refractivity contribution < 1.29 is 0 Å². The fourth-order valence-electron chi connectivity index (χ4n) is 2.30. The highest BCUT2D eigenvalue weighted by Crippen LogP contribution is 2.29. The molecule has 2 heterocycles. The van der Waals surface area contributed by atoms with E-state index >= 15 is 0 Å². The van der Waals surface area contributed by atoms with E-state index in [-0.39, 0.29) is 5.56 Å². The standard InChI is InChI=1S/C14H7ClN2OS/c15-8-5-6-11-12(7-8)19-14-16-13(18)9-3-1-2-4-10(9)17(11)14/h1-7H. The number of rotatable bonds is 0. The van der Waals surface area contributed by atoms with Gasteiger partial charge in [0.25, 0.3) is 5.56 Å². The minimum atomic E-state index is -0.187. The van der Waals surface area contributed by atoms with Gasteiger partial charge in [0.2, 0.25) is 0 Å². The molecule has 0 saturated heterocycles. The van der Waals surface area contributed by atoms with Crippen molar-refractivity contribution in [2.75, 3.05) is 0 Å². The van der Waals surface area contributed by atoms with E-state index in [1.54, 1.807) is 6.07 Å². The molecule has 0 fully saturated rings. The van der Waals surface area contributed by atoms with Crippen molar-refractivity contribution in [2.45, 2.75) is 0 Å². The summed E-state index contributed by atoms with van der Waals surface area (Å²) in [5, 5.41) is 1.32. The molecule has 4 rings (SSSR count). The van der Waals surface area contributed by atoms with E-state index in [0.29, 0.717) is 15.4 Å². The molecule has 92 valence electrons. The number of nitrogens with zero attached hydrogens (tertiary/aromatic N) is 2. The Kier molecular flexibility index (Phi) is 2.19. The molecule has 2 aromatic carbocycles. The SMILES string of the molecule is O=c1nc2sc3cc(Cl)ccc3n2c2ccccc12. The van der Waals surface area contributed by atoms with E-state index in [1.165, 1.54) is 11.3 Å². The Morgan fingerprint density at radius 2 is 1.95 bits per heavy atom. The molecule has 5 heteroatoms. The van der Waals surface area contributed by atoms with Crippen molar-refractivity contribution >= 4 is 49.0 Å². The Morgan fingerprint density at radius 1 is 1.11 bits per heavy atom. The largest absolute Gasteiger partial charge is 0.284 e. The van der Waals surface area contributed by atoms with Gasteiger partial charge in [0, 0.05) is 5.02 Å². The molecule has 0 saturated carbocycles. The van der Waals surface area contributed by atoms with Crippen LogP contribution in [-0.4, -0.2) is 9.38 Å². The summed E-state index contributed by atoms with van der Waals surface area (Å²) in [6.45, 7) is 0. The number of aromatic nitrogens is 2. The lowest BCUT2D eigenvalue weighted by Gasteiger charge is -2.01. The van der Waals surface area contributed by atoms with Crippen LogP contribution in [0.2, 0.25) is 5.02 Å². The van der Waals surface area contributed by atoms with Gasteiger partial charge in [-0.05, 0) is 30.3 Å². The van der Waals surface area contributed by atoms with Gasteiger partial charge in [-0.3, -0.25) is 9.20 Å². The Morgan fingerprint density at radius 3 is 2.84 bits per heavy atom. The number of halogens is 1. The first kappa shape index (κ1) is 11.0. The maximum Gasteiger partial charge on any atom is 0.281 e. The van der Waals surface area contributed by atoms with Gasteiger partial charge in [0.1, 0.15) is 0 Å². The molecule has 0 N–H and O–H groups in total. The number of benzene rings is 2. The van der Waals surface area contributed by atoms with Crippen molar-refractivity contribution in [3.8, 4) is 0 Å². The molecular weight excluding hydrogens is 280 g/mol. The fraction of sp³-hybridized carbons (Fsp3) is 0. The van der Waals surface area contributed by atoms with Crippen LogP contribution in [-0.2, 0) is 0 Å². The van der Waals surface area contributed by atoms with Crippen molar-refractivity contribution in [1.29, 1.82) is 0 Å². The third-order valence-corrected chi connectivity index (χ3v) is 4.37.